The fourth-order valence-corrected chi connectivity index (χ4v) is 2.94. The lowest BCUT2D eigenvalue weighted by atomic mass is 10.2. The van der Waals surface area contributed by atoms with Crippen LogP contribution >= 0.6 is 0 Å². The van der Waals surface area contributed by atoms with Crippen LogP contribution < -0.4 is 10.1 Å². The Morgan fingerprint density at radius 2 is 1.82 bits per heavy atom. The van der Waals surface area contributed by atoms with Crippen molar-refractivity contribution in [3.05, 3.63) is 59.5 Å². The first-order valence-electron chi connectivity index (χ1n) is 9.30. The van der Waals surface area contributed by atoms with Gasteiger partial charge in [0.05, 0.1) is 24.5 Å². The number of imidazole rings is 1. The van der Waals surface area contributed by atoms with E-state index >= 15 is 0 Å². The minimum absolute atomic E-state index is 0.276. The Morgan fingerprint density at radius 1 is 1.07 bits per heavy atom. The van der Waals surface area contributed by atoms with Gasteiger partial charge in [-0.05, 0) is 56.7 Å². The van der Waals surface area contributed by atoms with E-state index in [9.17, 15) is 9.59 Å². The summed E-state index contributed by atoms with van der Waals surface area (Å²) in [6.07, 6.45) is 2.40. The predicted octanol–water partition coefficient (Wildman–Crippen LogP) is 3.72. The van der Waals surface area contributed by atoms with Crippen LogP contribution in [0.5, 0.6) is 5.75 Å². The molecule has 0 saturated carbocycles. The normalized spacial score (nSPS) is 10.7. The van der Waals surface area contributed by atoms with Crippen molar-refractivity contribution in [3.8, 4) is 5.75 Å². The summed E-state index contributed by atoms with van der Waals surface area (Å²) in [6, 6.07) is 10.2. The van der Waals surface area contributed by atoms with Crippen LogP contribution in [0.4, 0.5) is 5.69 Å². The largest absolute Gasteiger partial charge is 0.490 e. The van der Waals surface area contributed by atoms with Gasteiger partial charge in [-0.25, -0.2) is 9.78 Å². The fraction of sp³-hybridized carbons (Fsp3) is 0.286. The first kappa shape index (κ1) is 19.4. The van der Waals surface area contributed by atoms with Gasteiger partial charge in [0.25, 0.3) is 5.91 Å². The van der Waals surface area contributed by atoms with Gasteiger partial charge in [0, 0.05) is 11.9 Å². The van der Waals surface area contributed by atoms with Crippen LogP contribution in [-0.2, 0) is 11.2 Å². The highest BCUT2D eigenvalue weighted by atomic mass is 16.5. The number of nitrogens with zero attached hydrogens (tertiary/aromatic N) is 2. The second kappa shape index (κ2) is 8.56. The number of ether oxygens (including phenoxy) is 2. The lowest BCUT2D eigenvalue weighted by Crippen LogP contribution is -2.16. The molecule has 0 atom stereocenters. The number of carbonyl (C=O) groups excluding carboxylic acids is 2. The van der Waals surface area contributed by atoms with Gasteiger partial charge >= 0.3 is 5.97 Å². The molecule has 0 aliphatic carbocycles. The molecule has 0 spiro atoms. The number of hydrogen-bond donors (Lipinski definition) is 1. The van der Waals surface area contributed by atoms with Crippen LogP contribution in [0, 0.1) is 0 Å². The van der Waals surface area contributed by atoms with Crippen LogP contribution in [0.15, 0.2) is 42.6 Å². The molecule has 0 saturated heterocycles. The quantitative estimate of drug-likeness (QED) is 0.631. The van der Waals surface area contributed by atoms with Crippen molar-refractivity contribution in [2.24, 2.45) is 0 Å². The molecule has 0 bridgehead atoms. The molecule has 2 aromatic heterocycles. The van der Waals surface area contributed by atoms with Gasteiger partial charge in [0.1, 0.15) is 5.69 Å². The van der Waals surface area contributed by atoms with Crippen molar-refractivity contribution in [3.63, 3.8) is 0 Å². The molecular formula is C21H23N3O4. The summed E-state index contributed by atoms with van der Waals surface area (Å²) in [7, 11) is 0. The lowest BCUT2D eigenvalue weighted by molar-refractivity contribution is 0.0526. The maximum absolute atomic E-state index is 13.0. The van der Waals surface area contributed by atoms with Crippen LogP contribution in [0.1, 0.15) is 47.3 Å². The van der Waals surface area contributed by atoms with Gasteiger partial charge in [-0.2, -0.15) is 0 Å². The number of rotatable bonds is 7. The van der Waals surface area contributed by atoms with E-state index in [1.54, 1.807) is 41.8 Å². The van der Waals surface area contributed by atoms with E-state index < -0.39 is 0 Å². The number of benzene rings is 1. The van der Waals surface area contributed by atoms with Gasteiger partial charge in [-0.15, -0.1) is 0 Å². The Bertz CT molecular complexity index is 993. The zero-order chi connectivity index (χ0) is 20.1. The van der Waals surface area contributed by atoms with Crippen LogP contribution in [0.2, 0.25) is 0 Å². The van der Waals surface area contributed by atoms with E-state index in [0.717, 1.165) is 0 Å². The zero-order valence-electron chi connectivity index (χ0n) is 16.2. The highest BCUT2D eigenvalue weighted by molar-refractivity contribution is 6.05. The highest BCUT2D eigenvalue weighted by Gasteiger charge is 2.20. The number of carbonyl (C=O) groups is 2. The Hall–Kier alpha value is -3.35. The molecule has 0 aliphatic heterocycles. The fourth-order valence-electron chi connectivity index (χ4n) is 2.94. The second-order valence-electron chi connectivity index (χ2n) is 6.01. The van der Waals surface area contributed by atoms with E-state index in [1.807, 2.05) is 26.0 Å². The molecule has 0 radical (unpaired) electrons. The molecular weight excluding hydrogens is 358 g/mol. The Kier molecular flexibility index (Phi) is 5.93. The molecule has 1 aromatic carbocycles. The van der Waals surface area contributed by atoms with Crippen molar-refractivity contribution in [1.82, 2.24) is 9.38 Å². The minimum atomic E-state index is -0.390. The highest BCUT2D eigenvalue weighted by Crippen LogP contribution is 2.23. The first-order chi connectivity index (χ1) is 13.6. The minimum Gasteiger partial charge on any atom is -0.490 e. The third-order valence-corrected chi connectivity index (χ3v) is 4.19. The maximum Gasteiger partial charge on any atom is 0.338 e. The maximum atomic E-state index is 13.0. The average Bonchev–Trinajstić information content (AvgIpc) is 3.09. The molecule has 146 valence electrons. The Morgan fingerprint density at radius 3 is 2.46 bits per heavy atom. The van der Waals surface area contributed by atoms with E-state index in [-0.39, 0.29) is 11.9 Å². The summed E-state index contributed by atoms with van der Waals surface area (Å²) < 4.78 is 12.3. The zero-order valence-corrected chi connectivity index (χ0v) is 16.2. The van der Waals surface area contributed by atoms with E-state index in [1.165, 1.54) is 0 Å². The number of aryl methyl sites for hydroxylation is 1. The van der Waals surface area contributed by atoms with Gasteiger partial charge in [0.15, 0.2) is 11.4 Å². The van der Waals surface area contributed by atoms with Gasteiger partial charge in [-0.3, -0.25) is 9.20 Å². The molecule has 0 aliphatic rings. The van der Waals surface area contributed by atoms with Gasteiger partial charge in [0.2, 0.25) is 0 Å². The Labute approximate surface area is 163 Å². The number of aromatic nitrogens is 2. The number of anilines is 1. The van der Waals surface area contributed by atoms with E-state index in [4.69, 9.17) is 9.47 Å². The monoisotopic (exact) mass is 381 g/mol. The summed E-state index contributed by atoms with van der Waals surface area (Å²) >= 11 is 0. The molecule has 1 amide bonds. The van der Waals surface area contributed by atoms with Crippen molar-refractivity contribution in [2.75, 3.05) is 18.5 Å². The number of hydrogen-bond acceptors (Lipinski definition) is 5. The van der Waals surface area contributed by atoms with Crippen LogP contribution in [0.3, 0.4) is 0 Å². The summed E-state index contributed by atoms with van der Waals surface area (Å²) in [6.45, 7) is 6.44. The third-order valence-electron chi connectivity index (χ3n) is 4.19. The first-order valence-corrected chi connectivity index (χ1v) is 9.30. The van der Waals surface area contributed by atoms with Gasteiger partial charge < -0.3 is 14.8 Å². The van der Waals surface area contributed by atoms with Crippen molar-refractivity contribution >= 4 is 23.2 Å². The number of nitrogens with one attached hydrogen (secondary N) is 1. The number of esters is 1. The number of fused-ring (bicyclic) bond motifs is 1. The van der Waals surface area contributed by atoms with Crippen LogP contribution in [-0.4, -0.2) is 34.5 Å². The standard InChI is InChI=1S/C21H23N3O4/c1-4-16-18(24-13-7-8-17(27-5-2)19(24)23-16)20(25)22-15-11-9-14(10-12-15)21(26)28-6-3/h7-13H,4-6H2,1-3H3,(H,22,25). The van der Waals surface area contributed by atoms with Crippen molar-refractivity contribution in [2.45, 2.75) is 27.2 Å². The van der Waals surface area contributed by atoms with Crippen molar-refractivity contribution < 1.29 is 19.1 Å². The molecule has 7 heteroatoms. The third kappa shape index (κ3) is 3.83. The predicted molar refractivity (Wildman–Crippen MR) is 106 cm³/mol. The molecule has 28 heavy (non-hydrogen) atoms. The topological polar surface area (TPSA) is 81.9 Å². The summed E-state index contributed by atoms with van der Waals surface area (Å²) in [5.41, 5.74) is 2.78. The summed E-state index contributed by atoms with van der Waals surface area (Å²) in [5.74, 6) is -0.0293. The van der Waals surface area contributed by atoms with Crippen molar-refractivity contribution in [1.29, 1.82) is 0 Å². The summed E-state index contributed by atoms with van der Waals surface area (Å²) in [5, 5.41) is 2.87. The SMILES string of the molecule is CCOC(=O)c1ccc(NC(=O)c2c(CC)nc3c(OCC)cccn23)cc1. The number of amides is 1. The second-order valence-corrected chi connectivity index (χ2v) is 6.01. The average molecular weight is 381 g/mol. The summed E-state index contributed by atoms with van der Waals surface area (Å²) in [4.78, 5) is 29.3. The lowest BCUT2D eigenvalue weighted by Gasteiger charge is -2.08. The molecule has 0 unspecified atom stereocenters. The van der Waals surface area contributed by atoms with Gasteiger partial charge in [-0.1, -0.05) is 6.92 Å². The van der Waals surface area contributed by atoms with E-state index in [2.05, 4.69) is 10.3 Å². The smallest absolute Gasteiger partial charge is 0.338 e. The Balaban J connectivity index is 1.89. The van der Waals surface area contributed by atoms with Crippen LogP contribution in [0.25, 0.3) is 5.65 Å². The number of pyridine rings is 1. The molecule has 7 nitrogen and oxygen atoms in total. The molecule has 2 heterocycles. The molecule has 0 fully saturated rings. The molecule has 1 N–H and O–H groups in total. The molecule has 3 aromatic rings. The molecule has 3 rings (SSSR count). The van der Waals surface area contributed by atoms with E-state index in [0.29, 0.717) is 53.7 Å².